The number of carboxylic acids is 1. The highest BCUT2D eigenvalue weighted by Crippen LogP contribution is 2.42. The summed E-state index contributed by atoms with van der Waals surface area (Å²) in [5, 5.41) is 41.7. The van der Waals surface area contributed by atoms with Crippen molar-refractivity contribution in [2.45, 2.75) is 51.6 Å². The van der Waals surface area contributed by atoms with Crippen LogP contribution in [0.15, 0.2) is 86.2 Å². The van der Waals surface area contributed by atoms with Crippen molar-refractivity contribution >= 4 is 64.2 Å². The smallest absolute Gasteiger partial charge is 0.336 e. The summed E-state index contributed by atoms with van der Waals surface area (Å²) in [4.78, 5) is 83.2. The Bertz CT molecular complexity index is 3230. The van der Waals surface area contributed by atoms with Gasteiger partial charge in [-0.25, -0.2) is 14.2 Å². The van der Waals surface area contributed by atoms with Crippen LogP contribution in [0.3, 0.4) is 0 Å². The second-order valence-electron chi connectivity index (χ2n) is 18.4. The zero-order valence-electron chi connectivity index (χ0n) is 41.9. The third kappa shape index (κ3) is 11.7. The number of benzene rings is 3. The van der Waals surface area contributed by atoms with E-state index in [0.717, 1.165) is 0 Å². The molecule has 6 heterocycles. The number of carbonyl (C=O) groups is 3. The lowest BCUT2D eigenvalue weighted by atomic mass is 9.90. The summed E-state index contributed by atoms with van der Waals surface area (Å²) >= 11 is 0. The molecule has 2 atom stereocenters. The fourth-order valence-electron chi connectivity index (χ4n) is 9.17. The molecule has 396 valence electrons. The van der Waals surface area contributed by atoms with Crippen LogP contribution in [0.1, 0.15) is 60.5 Å². The molecule has 3 aliphatic heterocycles. The maximum atomic E-state index is 13.8. The Labute approximate surface area is 434 Å². The molecule has 4 aliphatic rings. The first-order chi connectivity index (χ1) is 36.6. The quantitative estimate of drug-likeness (QED) is 0.0276. The number of guanidine groups is 2. The number of hydrogen-bond acceptors (Lipinski definition) is 18. The van der Waals surface area contributed by atoms with Gasteiger partial charge < -0.3 is 62.5 Å². The fourth-order valence-corrected chi connectivity index (χ4v) is 9.17. The van der Waals surface area contributed by atoms with Crippen LogP contribution < -0.4 is 43.5 Å². The maximum Gasteiger partial charge on any atom is 0.336 e. The molecular weight excluding hydrogens is 981 g/mol. The van der Waals surface area contributed by atoms with Gasteiger partial charge >= 0.3 is 5.97 Å². The number of carbonyl (C=O) groups excluding carboxylic acids is 2. The number of nitrogens with one attached hydrogen (secondary N) is 1. The summed E-state index contributed by atoms with van der Waals surface area (Å²) < 4.78 is 9.12. The number of aryl methyl sites for hydroxylation is 2. The number of nitrogens with two attached hydrogens (primary N) is 4. The summed E-state index contributed by atoms with van der Waals surface area (Å²) in [7, 11) is 0. The standard InChI is InChI=1S/C49H58N20O7/c1-28(68-26-31(60-62-68)5-3-13-54-45(50)51)42(72)64-15-19-66(20-16-64)48-57-47(58-49(59-48)67-21-17-65(18-22-67)43(73)29(2)69-27-32(61-63-69)6-4-14-55-46(52)53)56-30-7-10-35(38(23-30)44(74)75)41-36-11-8-33(70)24-39(36)76-40-25-34(71)9-12-37(40)41/h7-12,23-29,70H,3-6,13-22H2,1-2H3,(H,74,75)(H4,50,51,54)(H4,52,53,55)(H,56,57,58,59)/t28-,29-/m0/s1. The highest BCUT2D eigenvalue weighted by atomic mass is 16.4. The molecule has 3 aromatic heterocycles. The first-order valence-corrected chi connectivity index (χ1v) is 24.7. The minimum Gasteiger partial charge on any atom is -0.508 e. The largest absolute Gasteiger partial charge is 0.508 e. The van der Waals surface area contributed by atoms with Crippen molar-refractivity contribution in [2.75, 3.05) is 80.6 Å². The van der Waals surface area contributed by atoms with Crippen LogP contribution in [0, 0.1) is 0 Å². The van der Waals surface area contributed by atoms with Crippen molar-refractivity contribution in [3.63, 3.8) is 0 Å². The van der Waals surface area contributed by atoms with E-state index in [1.54, 1.807) is 69.7 Å². The van der Waals surface area contributed by atoms with E-state index in [1.807, 2.05) is 9.80 Å². The van der Waals surface area contributed by atoms with Gasteiger partial charge in [0.1, 0.15) is 29.2 Å². The predicted molar refractivity (Wildman–Crippen MR) is 281 cm³/mol. The molecule has 2 saturated heterocycles. The van der Waals surface area contributed by atoms with Crippen LogP contribution in [0.25, 0.3) is 33.4 Å². The van der Waals surface area contributed by atoms with E-state index >= 15 is 0 Å². The average Bonchev–Trinajstić information content (AvgIpc) is 4.11. The van der Waals surface area contributed by atoms with Gasteiger partial charge in [0.25, 0.3) is 0 Å². The normalized spacial score (nSPS) is 14.7. The number of piperazine rings is 2. The number of amides is 2. The molecule has 27 nitrogen and oxygen atoms in total. The Morgan fingerprint density at radius 1 is 0.697 bits per heavy atom. The first kappa shape index (κ1) is 51.5. The molecule has 2 aromatic carbocycles. The number of carboxylic acid groups (broad SMARTS) is 1. The maximum absolute atomic E-state index is 13.8. The number of rotatable bonds is 18. The van der Waals surface area contributed by atoms with Gasteiger partial charge in [0.05, 0.1) is 17.0 Å². The summed E-state index contributed by atoms with van der Waals surface area (Å²) in [5.41, 5.74) is 24.7. The Balaban J connectivity index is 0.950. The van der Waals surface area contributed by atoms with Crippen LogP contribution in [0.4, 0.5) is 23.5 Å². The molecular formula is C49H58N20O7. The van der Waals surface area contributed by atoms with Crippen LogP contribution >= 0.6 is 0 Å². The molecule has 2 amide bonds. The molecule has 0 saturated carbocycles. The van der Waals surface area contributed by atoms with E-state index in [1.165, 1.54) is 30.3 Å². The number of aliphatic imine (C=N–C) groups is 2. The SMILES string of the molecule is C[C@@H](C(=O)N1CCN(c2nc(Nc3ccc(-c4c5ccc(=O)cc-5oc5cc(O)ccc45)c(C(=O)O)c3)nc(N3CCN(C(=O)[C@H](C)n4cc(CCCN=C(N)N)nn4)CC3)n2)CC1)n1cc(CCCN=C(N)N)nn1. The summed E-state index contributed by atoms with van der Waals surface area (Å²) in [6, 6.07) is 12.4. The molecule has 27 heteroatoms. The molecule has 2 fully saturated rings. The average molecular weight is 1040 g/mol. The van der Waals surface area contributed by atoms with E-state index in [0.29, 0.717) is 142 Å². The van der Waals surface area contributed by atoms with Crippen LogP contribution in [-0.4, -0.2) is 160 Å². The van der Waals surface area contributed by atoms with E-state index in [-0.39, 0.29) is 57.8 Å². The second kappa shape index (κ2) is 22.4. The molecule has 0 bridgehead atoms. The van der Waals surface area contributed by atoms with E-state index in [2.05, 4.69) is 35.9 Å². The zero-order valence-corrected chi connectivity index (χ0v) is 41.9. The minimum absolute atomic E-state index is 0.0222. The van der Waals surface area contributed by atoms with Gasteiger partial charge in [-0.05, 0) is 81.5 Å². The van der Waals surface area contributed by atoms with Crippen molar-refractivity contribution in [2.24, 2.45) is 32.9 Å². The monoisotopic (exact) mass is 1040 g/mol. The number of phenolic OH excluding ortho intramolecular Hbond substituents is 1. The molecule has 5 aromatic rings. The van der Waals surface area contributed by atoms with Crippen LogP contribution in [0.5, 0.6) is 5.75 Å². The van der Waals surface area contributed by atoms with Crippen LogP contribution in [-0.2, 0) is 22.4 Å². The third-order valence-corrected chi connectivity index (χ3v) is 13.2. The topological polar surface area (TPSA) is 376 Å². The van der Waals surface area contributed by atoms with E-state index in [9.17, 15) is 29.4 Å². The van der Waals surface area contributed by atoms with Crippen LogP contribution in [0.2, 0.25) is 0 Å². The molecule has 0 unspecified atom stereocenters. The highest BCUT2D eigenvalue weighted by Gasteiger charge is 2.31. The van der Waals surface area contributed by atoms with Gasteiger partial charge in [-0.1, -0.05) is 16.5 Å². The molecule has 0 spiro atoms. The molecule has 9 rings (SSSR count). The number of aromatic hydroxyl groups is 1. The minimum atomic E-state index is -1.23. The summed E-state index contributed by atoms with van der Waals surface area (Å²) in [6.07, 6.45) is 6.02. The Morgan fingerprint density at radius 3 is 1.76 bits per heavy atom. The predicted octanol–water partition coefficient (Wildman–Crippen LogP) is 1.31. The number of phenols is 1. The summed E-state index contributed by atoms with van der Waals surface area (Å²) in [6.45, 7) is 7.38. The van der Waals surface area contributed by atoms with Gasteiger partial charge in [-0.15, -0.1) is 10.2 Å². The number of hydrogen-bond donors (Lipinski definition) is 7. The Morgan fingerprint density at radius 2 is 1.24 bits per heavy atom. The van der Waals surface area contributed by atoms with Crippen molar-refractivity contribution < 1.29 is 29.0 Å². The lowest BCUT2D eigenvalue weighted by Gasteiger charge is -2.37. The number of anilines is 4. The lowest BCUT2D eigenvalue weighted by Crippen LogP contribution is -2.51. The van der Waals surface area contributed by atoms with Gasteiger partial charge in [0.2, 0.25) is 29.7 Å². The first-order valence-electron chi connectivity index (χ1n) is 24.7. The van der Waals surface area contributed by atoms with Gasteiger partial charge in [0, 0.05) is 112 Å². The molecule has 1 aliphatic carbocycles. The Hall–Kier alpha value is -9.43. The number of nitrogens with zero attached hydrogens (tertiary/aromatic N) is 15. The zero-order chi connectivity index (χ0) is 53.6. The van der Waals surface area contributed by atoms with E-state index in [4.69, 9.17) is 42.3 Å². The number of aromatic carboxylic acids is 1. The lowest BCUT2D eigenvalue weighted by molar-refractivity contribution is -0.135. The van der Waals surface area contributed by atoms with Crippen molar-refractivity contribution in [1.82, 2.24) is 54.7 Å². The molecule has 76 heavy (non-hydrogen) atoms. The Kier molecular flexibility index (Phi) is 15.1. The molecule has 11 N–H and O–H groups in total. The van der Waals surface area contributed by atoms with Crippen molar-refractivity contribution in [1.29, 1.82) is 0 Å². The highest BCUT2D eigenvalue weighted by molar-refractivity contribution is 6.08. The van der Waals surface area contributed by atoms with Gasteiger partial charge in [0.15, 0.2) is 17.3 Å². The number of fused-ring (bicyclic) bond motifs is 2. The van der Waals surface area contributed by atoms with E-state index < -0.39 is 18.1 Å². The van der Waals surface area contributed by atoms with Crippen molar-refractivity contribution in [3.05, 3.63) is 94.2 Å². The van der Waals surface area contributed by atoms with Gasteiger partial charge in [-0.3, -0.25) is 24.4 Å². The molecule has 0 radical (unpaired) electrons. The fraction of sp³-hybridized carbons (Fsp3) is 0.367. The summed E-state index contributed by atoms with van der Waals surface area (Å²) in [5.74, 6) is -0.518. The second-order valence-corrected chi connectivity index (χ2v) is 18.4. The third-order valence-electron chi connectivity index (χ3n) is 13.2. The number of aromatic nitrogens is 9. The van der Waals surface area contributed by atoms with Crippen molar-refractivity contribution in [3.8, 4) is 28.2 Å². The van der Waals surface area contributed by atoms with Gasteiger partial charge in [-0.2, -0.15) is 15.0 Å².